The van der Waals surface area contributed by atoms with Gasteiger partial charge in [-0.05, 0) is 30.9 Å². The predicted molar refractivity (Wildman–Crippen MR) is 80.0 cm³/mol. The Bertz CT molecular complexity index is 504. The normalized spacial score (nSPS) is 14.9. The Morgan fingerprint density at radius 2 is 1.81 bits per heavy atom. The molecule has 0 saturated heterocycles. The molecular weight excluding hydrogens is 291 g/mol. The van der Waals surface area contributed by atoms with Crippen molar-refractivity contribution in [3.05, 3.63) is 30.1 Å². The molecule has 1 aromatic rings. The first kappa shape index (κ1) is 15.8. The van der Waals surface area contributed by atoms with E-state index < -0.39 is 0 Å². The van der Waals surface area contributed by atoms with Crippen molar-refractivity contribution in [2.24, 2.45) is 5.92 Å². The molecule has 6 heteroatoms. The van der Waals surface area contributed by atoms with Crippen LogP contribution in [-0.4, -0.2) is 17.6 Å². The van der Waals surface area contributed by atoms with Gasteiger partial charge >= 0.3 is 0 Å². The average Bonchev–Trinajstić information content (AvgIpc) is 2.97. The smallest absolute Gasteiger partial charge is 0.248 e. The SMILES string of the molecule is O=C(CSc1ccccc1F)NNC(=O)CC1CCCC1. The fourth-order valence-electron chi connectivity index (χ4n) is 2.41. The third kappa shape index (κ3) is 5.38. The van der Waals surface area contributed by atoms with Gasteiger partial charge in [0.25, 0.3) is 0 Å². The zero-order valence-corrected chi connectivity index (χ0v) is 12.5. The summed E-state index contributed by atoms with van der Waals surface area (Å²) in [5.41, 5.74) is 4.78. The van der Waals surface area contributed by atoms with Crippen LogP contribution in [0.5, 0.6) is 0 Å². The van der Waals surface area contributed by atoms with Gasteiger partial charge < -0.3 is 0 Å². The lowest BCUT2D eigenvalue weighted by Crippen LogP contribution is -2.43. The molecule has 1 fully saturated rings. The number of carbonyl (C=O) groups excluding carboxylic acids is 2. The number of hydrazine groups is 1. The Kier molecular flexibility index (Phi) is 6.04. The van der Waals surface area contributed by atoms with Crippen LogP contribution in [0.4, 0.5) is 4.39 Å². The molecule has 1 aliphatic rings. The Balaban J connectivity index is 1.65. The van der Waals surface area contributed by atoms with Gasteiger partial charge in [0.05, 0.1) is 5.75 Å². The van der Waals surface area contributed by atoms with E-state index in [1.54, 1.807) is 18.2 Å². The van der Waals surface area contributed by atoms with E-state index >= 15 is 0 Å². The minimum absolute atomic E-state index is 0.0602. The van der Waals surface area contributed by atoms with Crippen molar-refractivity contribution < 1.29 is 14.0 Å². The molecule has 2 N–H and O–H groups in total. The largest absolute Gasteiger partial charge is 0.273 e. The zero-order chi connectivity index (χ0) is 15.1. The molecule has 0 radical (unpaired) electrons. The topological polar surface area (TPSA) is 58.2 Å². The summed E-state index contributed by atoms with van der Waals surface area (Å²) in [4.78, 5) is 23.7. The number of halogens is 1. The molecule has 1 saturated carbocycles. The lowest BCUT2D eigenvalue weighted by molar-refractivity contribution is -0.128. The molecule has 114 valence electrons. The lowest BCUT2D eigenvalue weighted by atomic mass is 10.0. The fraction of sp³-hybridized carbons (Fsp3) is 0.467. The van der Waals surface area contributed by atoms with Gasteiger partial charge in [-0.25, -0.2) is 4.39 Å². The molecule has 0 spiro atoms. The zero-order valence-electron chi connectivity index (χ0n) is 11.7. The molecule has 2 rings (SSSR count). The monoisotopic (exact) mass is 310 g/mol. The Morgan fingerprint density at radius 1 is 1.14 bits per heavy atom. The molecule has 1 aromatic carbocycles. The van der Waals surface area contributed by atoms with Crippen LogP contribution in [0.15, 0.2) is 29.2 Å². The predicted octanol–water partition coefficient (Wildman–Crippen LogP) is 2.65. The van der Waals surface area contributed by atoms with Gasteiger partial charge in [-0.1, -0.05) is 25.0 Å². The molecule has 2 amide bonds. The Morgan fingerprint density at radius 3 is 2.52 bits per heavy atom. The van der Waals surface area contributed by atoms with Crippen LogP contribution < -0.4 is 10.9 Å². The highest BCUT2D eigenvalue weighted by Crippen LogP contribution is 2.27. The summed E-state index contributed by atoms with van der Waals surface area (Å²) in [7, 11) is 0. The van der Waals surface area contributed by atoms with Crippen molar-refractivity contribution >= 4 is 23.6 Å². The fourth-order valence-corrected chi connectivity index (χ4v) is 3.15. The van der Waals surface area contributed by atoms with Crippen molar-refractivity contribution in [2.75, 3.05) is 5.75 Å². The van der Waals surface area contributed by atoms with Crippen molar-refractivity contribution in [2.45, 2.75) is 37.0 Å². The highest BCUT2D eigenvalue weighted by atomic mass is 32.2. The molecule has 21 heavy (non-hydrogen) atoms. The van der Waals surface area contributed by atoms with Crippen molar-refractivity contribution in [3.63, 3.8) is 0 Å². The van der Waals surface area contributed by atoms with E-state index in [9.17, 15) is 14.0 Å². The number of hydrogen-bond acceptors (Lipinski definition) is 3. The molecule has 1 aliphatic carbocycles. The van der Waals surface area contributed by atoms with Crippen LogP contribution in [0, 0.1) is 11.7 Å². The summed E-state index contributed by atoms with van der Waals surface area (Å²) in [6.07, 6.45) is 5.00. The third-order valence-corrected chi connectivity index (χ3v) is 4.53. The van der Waals surface area contributed by atoms with E-state index in [-0.39, 0.29) is 23.4 Å². The first-order valence-electron chi connectivity index (χ1n) is 7.10. The Labute approximate surface area is 127 Å². The lowest BCUT2D eigenvalue weighted by Gasteiger charge is -2.10. The summed E-state index contributed by atoms with van der Waals surface area (Å²) in [5.74, 6) is -0.352. The molecular formula is C15H19FN2O2S. The maximum absolute atomic E-state index is 13.4. The molecule has 0 aliphatic heterocycles. The second-order valence-electron chi connectivity index (χ2n) is 5.17. The van der Waals surface area contributed by atoms with E-state index in [0.29, 0.717) is 17.2 Å². The van der Waals surface area contributed by atoms with E-state index in [2.05, 4.69) is 10.9 Å². The molecule has 0 unspecified atom stereocenters. The molecule has 0 aromatic heterocycles. The highest BCUT2D eigenvalue weighted by Gasteiger charge is 2.18. The van der Waals surface area contributed by atoms with E-state index in [1.165, 1.54) is 18.9 Å². The molecule has 0 bridgehead atoms. The van der Waals surface area contributed by atoms with Crippen molar-refractivity contribution in [1.29, 1.82) is 0 Å². The van der Waals surface area contributed by atoms with Gasteiger partial charge in [-0.15, -0.1) is 11.8 Å². The van der Waals surface area contributed by atoms with E-state index in [1.807, 2.05) is 0 Å². The van der Waals surface area contributed by atoms with Gasteiger partial charge in [0.2, 0.25) is 11.8 Å². The maximum Gasteiger partial charge on any atom is 0.248 e. The van der Waals surface area contributed by atoms with E-state index in [0.717, 1.165) is 24.6 Å². The number of carbonyl (C=O) groups is 2. The molecule has 4 nitrogen and oxygen atoms in total. The van der Waals surface area contributed by atoms with Crippen molar-refractivity contribution in [3.8, 4) is 0 Å². The Hall–Kier alpha value is -1.56. The van der Waals surface area contributed by atoms with Crippen LogP contribution in [0.2, 0.25) is 0 Å². The minimum Gasteiger partial charge on any atom is -0.273 e. The number of nitrogens with one attached hydrogen (secondary N) is 2. The maximum atomic E-state index is 13.4. The first-order chi connectivity index (χ1) is 10.1. The summed E-state index contributed by atoms with van der Waals surface area (Å²) >= 11 is 1.10. The standard InChI is InChI=1S/C15H19FN2O2S/c16-12-7-3-4-8-13(12)21-10-15(20)18-17-14(19)9-11-5-1-2-6-11/h3-4,7-8,11H,1-2,5-6,9-10H2,(H,17,19)(H,18,20). The average molecular weight is 310 g/mol. The van der Waals surface area contributed by atoms with Crippen LogP contribution >= 0.6 is 11.8 Å². The summed E-state index contributed by atoms with van der Waals surface area (Å²) in [6, 6.07) is 6.28. The first-order valence-corrected chi connectivity index (χ1v) is 8.08. The van der Waals surface area contributed by atoms with Crippen LogP contribution in [0.25, 0.3) is 0 Å². The quantitative estimate of drug-likeness (QED) is 0.649. The third-order valence-electron chi connectivity index (χ3n) is 3.49. The van der Waals surface area contributed by atoms with Crippen LogP contribution in [0.1, 0.15) is 32.1 Å². The van der Waals surface area contributed by atoms with Crippen LogP contribution in [0.3, 0.4) is 0 Å². The summed E-state index contributed by atoms with van der Waals surface area (Å²) in [5, 5.41) is 0. The summed E-state index contributed by atoms with van der Waals surface area (Å²) < 4.78 is 13.4. The minimum atomic E-state index is -0.347. The number of hydrogen-bond donors (Lipinski definition) is 2. The highest BCUT2D eigenvalue weighted by molar-refractivity contribution is 8.00. The number of benzene rings is 1. The van der Waals surface area contributed by atoms with E-state index in [4.69, 9.17) is 0 Å². The second kappa shape index (κ2) is 8.02. The van der Waals surface area contributed by atoms with Gasteiger partial charge in [-0.2, -0.15) is 0 Å². The van der Waals surface area contributed by atoms with Gasteiger partial charge in [0, 0.05) is 11.3 Å². The summed E-state index contributed by atoms with van der Waals surface area (Å²) in [6.45, 7) is 0. The van der Waals surface area contributed by atoms with Crippen LogP contribution in [-0.2, 0) is 9.59 Å². The number of thioether (sulfide) groups is 1. The van der Waals surface area contributed by atoms with Crippen molar-refractivity contribution in [1.82, 2.24) is 10.9 Å². The number of rotatable bonds is 5. The number of amides is 2. The van der Waals surface area contributed by atoms with Gasteiger partial charge in [0.1, 0.15) is 5.82 Å². The molecule has 0 heterocycles. The second-order valence-corrected chi connectivity index (χ2v) is 6.19. The van der Waals surface area contributed by atoms with Gasteiger partial charge in [0.15, 0.2) is 0 Å². The molecule has 0 atom stereocenters. The van der Waals surface area contributed by atoms with Gasteiger partial charge in [-0.3, -0.25) is 20.4 Å².